The number of rotatable bonds is 38. The topological polar surface area (TPSA) is 122 Å². The van der Waals surface area contributed by atoms with Gasteiger partial charge in [0.25, 0.3) is 0 Å². The van der Waals surface area contributed by atoms with Crippen molar-refractivity contribution >= 4 is 29.7 Å². The number of hydrogen-bond donors (Lipinski definition) is 0. The van der Waals surface area contributed by atoms with Crippen molar-refractivity contribution in [3.63, 3.8) is 0 Å². The minimum atomic E-state index is -0.709. The molecule has 9 heteroatoms. The molecule has 0 aliphatic carbocycles. The molecule has 0 aromatic heterocycles. The first kappa shape index (κ1) is 58.1. The molecule has 0 amide bonds. The summed E-state index contributed by atoms with van der Waals surface area (Å²) in [6.07, 6.45) is 24.8. The molecule has 0 bridgehead atoms. The highest BCUT2D eigenvalue weighted by molar-refractivity contribution is 6.13. The van der Waals surface area contributed by atoms with Crippen LogP contribution in [0.3, 0.4) is 0 Å². The Morgan fingerprint density at radius 3 is 0.803 bits per heavy atom. The lowest BCUT2D eigenvalue weighted by Gasteiger charge is -2.13. The standard InChI is InChI=1S/C57H90O9/c1-43(2)29-21-13-9-17-25-37-63-54(59)49-35-33-47(41-51(49)56(61)65-39-27-19-11-15-23-31-45(5)6)53(58)48-34-36-50(55(60)64-38-26-18-10-14-22-30-44(3)4)52(42-48)57(62)66-40-28-20-12-16-24-32-46(7)8/h33-36,41-46H,9-32,37-40H2,1-8H3. The lowest BCUT2D eigenvalue weighted by Crippen LogP contribution is -2.18. The van der Waals surface area contributed by atoms with E-state index in [0.717, 1.165) is 77.0 Å². The van der Waals surface area contributed by atoms with E-state index in [1.54, 1.807) is 0 Å². The van der Waals surface area contributed by atoms with Gasteiger partial charge in [0.2, 0.25) is 0 Å². The van der Waals surface area contributed by atoms with Gasteiger partial charge in [-0.1, -0.05) is 196 Å². The minimum Gasteiger partial charge on any atom is -0.462 e. The van der Waals surface area contributed by atoms with Crippen LogP contribution in [-0.4, -0.2) is 56.1 Å². The predicted molar refractivity (Wildman–Crippen MR) is 268 cm³/mol. The number of ether oxygens (including phenoxy) is 4. The van der Waals surface area contributed by atoms with Crippen LogP contribution in [0.1, 0.15) is 267 Å². The van der Waals surface area contributed by atoms with Crippen molar-refractivity contribution in [1.82, 2.24) is 0 Å². The predicted octanol–water partition coefficient (Wildman–Crippen LogP) is 15.5. The first-order valence-corrected chi connectivity index (χ1v) is 26.2. The number of ketones is 1. The fourth-order valence-electron chi connectivity index (χ4n) is 7.94. The monoisotopic (exact) mass is 919 g/mol. The lowest BCUT2D eigenvalue weighted by molar-refractivity contribution is 0.0450. The zero-order valence-corrected chi connectivity index (χ0v) is 42.7. The van der Waals surface area contributed by atoms with Crippen molar-refractivity contribution in [3.8, 4) is 0 Å². The second-order valence-corrected chi connectivity index (χ2v) is 20.2. The SMILES string of the molecule is CC(C)CCCCCCCOC(=O)c1ccc(C(=O)c2ccc(C(=O)OCCCCCCCC(C)C)c(C(=O)OCCCCCCCC(C)C)c2)cc1C(=O)OCCCCCCCC(C)C. The molecule has 0 aliphatic heterocycles. The third-order valence-electron chi connectivity index (χ3n) is 12.1. The highest BCUT2D eigenvalue weighted by atomic mass is 16.5. The van der Waals surface area contributed by atoms with Crippen LogP contribution in [0.5, 0.6) is 0 Å². The molecular formula is C57H90O9. The van der Waals surface area contributed by atoms with Crippen LogP contribution in [0, 0.1) is 23.7 Å². The average molecular weight is 919 g/mol. The van der Waals surface area contributed by atoms with E-state index >= 15 is 0 Å². The second kappa shape index (κ2) is 35.2. The van der Waals surface area contributed by atoms with Crippen LogP contribution in [-0.2, 0) is 18.9 Å². The quantitative estimate of drug-likeness (QED) is 0.0280. The Labute approximate surface area is 400 Å². The largest absolute Gasteiger partial charge is 0.462 e. The summed E-state index contributed by atoms with van der Waals surface area (Å²) < 4.78 is 22.6. The van der Waals surface area contributed by atoms with E-state index in [1.165, 1.54) is 87.8 Å². The summed E-state index contributed by atoms with van der Waals surface area (Å²) in [6.45, 7) is 18.6. The summed E-state index contributed by atoms with van der Waals surface area (Å²) in [5, 5.41) is 0. The van der Waals surface area contributed by atoms with Gasteiger partial charge in [-0.25, -0.2) is 19.2 Å². The average Bonchev–Trinajstić information content (AvgIpc) is 3.28. The van der Waals surface area contributed by atoms with E-state index in [-0.39, 0.29) is 59.8 Å². The third-order valence-corrected chi connectivity index (χ3v) is 12.1. The zero-order chi connectivity index (χ0) is 48.5. The molecule has 0 N–H and O–H groups in total. The Bertz CT molecular complexity index is 1570. The minimum absolute atomic E-state index is 0.0278. The zero-order valence-electron chi connectivity index (χ0n) is 42.7. The number of carbonyl (C=O) groups is 5. The number of unbranched alkanes of at least 4 members (excludes halogenated alkanes) is 16. The van der Waals surface area contributed by atoms with E-state index in [2.05, 4.69) is 55.4 Å². The normalized spacial score (nSPS) is 11.5. The maximum absolute atomic E-state index is 14.2. The maximum atomic E-state index is 14.2. The van der Waals surface area contributed by atoms with E-state index in [0.29, 0.717) is 49.4 Å². The Morgan fingerprint density at radius 2 is 0.545 bits per heavy atom. The van der Waals surface area contributed by atoms with Crippen LogP contribution >= 0.6 is 0 Å². The van der Waals surface area contributed by atoms with Crippen LogP contribution in [0.2, 0.25) is 0 Å². The first-order valence-electron chi connectivity index (χ1n) is 26.2. The Balaban J connectivity index is 2.27. The summed E-state index contributed by atoms with van der Waals surface area (Å²) in [7, 11) is 0. The fourth-order valence-corrected chi connectivity index (χ4v) is 7.94. The molecule has 0 radical (unpaired) electrons. The third kappa shape index (κ3) is 25.8. The molecule has 0 atom stereocenters. The van der Waals surface area contributed by atoms with Gasteiger partial charge in [-0.15, -0.1) is 0 Å². The van der Waals surface area contributed by atoms with E-state index < -0.39 is 29.7 Å². The molecule has 9 nitrogen and oxygen atoms in total. The van der Waals surface area contributed by atoms with Gasteiger partial charge in [-0.3, -0.25) is 4.79 Å². The highest BCUT2D eigenvalue weighted by Crippen LogP contribution is 2.23. The van der Waals surface area contributed by atoms with Crippen molar-refractivity contribution < 1.29 is 42.9 Å². The molecule has 0 heterocycles. The van der Waals surface area contributed by atoms with Crippen molar-refractivity contribution in [2.45, 2.75) is 209 Å². The molecule has 0 unspecified atom stereocenters. The van der Waals surface area contributed by atoms with Crippen LogP contribution < -0.4 is 0 Å². The van der Waals surface area contributed by atoms with Crippen LogP contribution in [0.15, 0.2) is 36.4 Å². The molecule has 0 aliphatic rings. The second-order valence-electron chi connectivity index (χ2n) is 20.2. The molecule has 0 spiro atoms. The van der Waals surface area contributed by atoms with Crippen LogP contribution in [0.25, 0.3) is 0 Å². The molecular weight excluding hydrogens is 829 g/mol. The molecule has 372 valence electrons. The first-order chi connectivity index (χ1) is 31.7. The lowest BCUT2D eigenvalue weighted by atomic mass is 9.95. The van der Waals surface area contributed by atoms with Gasteiger partial charge in [-0.2, -0.15) is 0 Å². The maximum Gasteiger partial charge on any atom is 0.339 e. The number of esters is 4. The van der Waals surface area contributed by atoms with Gasteiger partial charge in [0, 0.05) is 11.1 Å². The molecule has 66 heavy (non-hydrogen) atoms. The van der Waals surface area contributed by atoms with Crippen molar-refractivity contribution in [2.24, 2.45) is 23.7 Å². The van der Waals surface area contributed by atoms with Crippen molar-refractivity contribution in [3.05, 3.63) is 69.8 Å². The summed E-state index contributed by atoms with van der Waals surface area (Å²) in [6, 6.07) is 8.55. The molecule has 2 aromatic carbocycles. The van der Waals surface area contributed by atoms with Gasteiger partial charge < -0.3 is 18.9 Å². The highest BCUT2D eigenvalue weighted by Gasteiger charge is 2.25. The van der Waals surface area contributed by atoms with Gasteiger partial charge in [0.15, 0.2) is 5.78 Å². The summed E-state index contributed by atoms with van der Waals surface area (Å²) in [4.78, 5) is 68.4. The molecule has 0 fully saturated rings. The number of carbonyl (C=O) groups excluding carboxylic acids is 5. The number of hydrogen-bond acceptors (Lipinski definition) is 9. The van der Waals surface area contributed by atoms with Crippen LogP contribution in [0.4, 0.5) is 0 Å². The van der Waals surface area contributed by atoms with Crippen molar-refractivity contribution in [2.75, 3.05) is 26.4 Å². The molecule has 2 aromatic rings. The van der Waals surface area contributed by atoms with Gasteiger partial charge in [-0.05, 0) is 73.6 Å². The van der Waals surface area contributed by atoms with Gasteiger partial charge >= 0.3 is 23.9 Å². The van der Waals surface area contributed by atoms with E-state index in [9.17, 15) is 24.0 Å². The smallest absolute Gasteiger partial charge is 0.339 e. The number of benzene rings is 2. The summed E-state index contributed by atoms with van der Waals surface area (Å²) in [5.41, 5.74) is 0.178. The molecule has 0 saturated carbocycles. The Morgan fingerprint density at radius 1 is 0.318 bits per heavy atom. The summed E-state index contributed by atoms with van der Waals surface area (Å²) >= 11 is 0. The van der Waals surface area contributed by atoms with Gasteiger partial charge in [0.1, 0.15) is 0 Å². The van der Waals surface area contributed by atoms with E-state index in [4.69, 9.17) is 18.9 Å². The Hall–Kier alpha value is -4.01. The van der Waals surface area contributed by atoms with E-state index in [1.807, 2.05) is 0 Å². The summed E-state index contributed by atoms with van der Waals surface area (Å²) in [5.74, 6) is -0.492. The van der Waals surface area contributed by atoms with Gasteiger partial charge in [0.05, 0.1) is 48.7 Å². The Kier molecular flexibility index (Phi) is 31.0. The molecule has 0 saturated heterocycles. The fraction of sp³-hybridized carbons (Fsp3) is 0.702. The van der Waals surface area contributed by atoms with Crippen molar-refractivity contribution in [1.29, 1.82) is 0 Å². The molecule has 2 rings (SSSR count).